The molecule has 0 atom stereocenters. The third-order valence-electron chi connectivity index (χ3n) is 1.50. The van der Waals surface area contributed by atoms with E-state index in [1.54, 1.807) is 0 Å². The van der Waals surface area contributed by atoms with E-state index in [4.69, 9.17) is 0 Å². The number of hydrogen-bond donors (Lipinski definition) is 0. The van der Waals surface area contributed by atoms with Crippen LogP contribution in [0.4, 0.5) is 0 Å². The molecular formula is C10H12O6. The van der Waals surface area contributed by atoms with Crippen LogP contribution in [0, 0.1) is 0 Å². The molecular weight excluding hydrogens is 216 g/mol. The number of carbonyl (C=O) groups is 3. The van der Waals surface area contributed by atoms with Crippen LogP contribution < -0.4 is 0 Å². The maximum atomic E-state index is 11.2. The lowest BCUT2D eigenvalue weighted by molar-refractivity contribution is -0.138. The van der Waals surface area contributed by atoms with Gasteiger partial charge in [0.25, 0.3) is 0 Å². The summed E-state index contributed by atoms with van der Waals surface area (Å²) in [5.41, 5.74) is -0.111. The summed E-state index contributed by atoms with van der Waals surface area (Å²) in [6, 6.07) is 0. The molecule has 0 aromatic carbocycles. The summed E-state index contributed by atoms with van der Waals surface area (Å²) < 4.78 is 13.1. The Morgan fingerprint density at radius 2 is 1.38 bits per heavy atom. The second-order valence-corrected chi connectivity index (χ2v) is 2.47. The van der Waals surface area contributed by atoms with Gasteiger partial charge in [0.15, 0.2) is 0 Å². The molecule has 0 amide bonds. The van der Waals surface area contributed by atoms with E-state index >= 15 is 0 Å². The van der Waals surface area contributed by atoms with Crippen LogP contribution in [0.2, 0.25) is 0 Å². The molecule has 0 aliphatic rings. The molecule has 0 saturated carbocycles. The van der Waals surface area contributed by atoms with Gasteiger partial charge in [0, 0.05) is 12.2 Å². The van der Waals surface area contributed by atoms with E-state index in [9.17, 15) is 14.4 Å². The van der Waals surface area contributed by atoms with Crippen molar-refractivity contribution in [2.24, 2.45) is 0 Å². The maximum absolute atomic E-state index is 11.2. The predicted octanol–water partition coefficient (Wildman–Crippen LogP) is -0.0120. The van der Waals surface area contributed by atoms with E-state index in [0.717, 1.165) is 32.4 Å². The molecule has 0 aromatic heterocycles. The molecule has 0 rings (SSSR count). The average molecular weight is 228 g/mol. The lowest BCUT2D eigenvalue weighted by Gasteiger charge is -1.99. The molecule has 0 saturated heterocycles. The molecule has 0 aromatic rings. The molecule has 6 heteroatoms. The summed E-state index contributed by atoms with van der Waals surface area (Å²) >= 11 is 0. The van der Waals surface area contributed by atoms with Gasteiger partial charge in [-0.25, -0.2) is 14.4 Å². The Bertz CT molecular complexity index is 339. The van der Waals surface area contributed by atoms with E-state index < -0.39 is 17.9 Å². The maximum Gasteiger partial charge on any atom is 0.338 e. The van der Waals surface area contributed by atoms with Gasteiger partial charge in [0.05, 0.1) is 26.9 Å². The number of hydrogen-bond acceptors (Lipinski definition) is 6. The number of methoxy groups -OCH3 is 3. The highest BCUT2D eigenvalue weighted by molar-refractivity contribution is 5.99. The summed E-state index contributed by atoms with van der Waals surface area (Å²) in [6.45, 7) is 0. The fourth-order valence-corrected chi connectivity index (χ4v) is 0.705. The summed E-state index contributed by atoms with van der Waals surface area (Å²) in [5, 5.41) is 0. The quantitative estimate of drug-likeness (QED) is 0.291. The van der Waals surface area contributed by atoms with Gasteiger partial charge in [-0.05, 0) is 6.08 Å². The van der Waals surface area contributed by atoms with E-state index in [2.05, 4.69) is 14.2 Å². The summed E-state index contributed by atoms with van der Waals surface area (Å²) in [7, 11) is 3.51. The van der Waals surface area contributed by atoms with Gasteiger partial charge in [0.1, 0.15) is 0 Å². The molecule has 0 N–H and O–H groups in total. The van der Waals surface area contributed by atoms with E-state index in [1.807, 2.05) is 0 Å². The normalized spacial score (nSPS) is 11.1. The van der Waals surface area contributed by atoms with Gasteiger partial charge in [-0.3, -0.25) is 0 Å². The zero-order valence-corrected chi connectivity index (χ0v) is 9.18. The van der Waals surface area contributed by atoms with Gasteiger partial charge in [0.2, 0.25) is 0 Å². The molecule has 0 aliphatic heterocycles. The fraction of sp³-hybridized carbons (Fsp3) is 0.300. The number of esters is 3. The van der Waals surface area contributed by atoms with Crippen molar-refractivity contribution in [1.29, 1.82) is 0 Å². The molecule has 0 spiro atoms. The zero-order valence-electron chi connectivity index (χ0n) is 9.18. The molecule has 0 unspecified atom stereocenters. The molecule has 0 fully saturated rings. The predicted molar refractivity (Wildman–Crippen MR) is 53.3 cm³/mol. The van der Waals surface area contributed by atoms with Crippen molar-refractivity contribution in [2.75, 3.05) is 21.3 Å². The van der Waals surface area contributed by atoms with E-state index in [0.29, 0.717) is 0 Å². The lowest BCUT2D eigenvalue weighted by Crippen LogP contribution is -2.07. The monoisotopic (exact) mass is 228 g/mol. The highest BCUT2D eigenvalue weighted by Gasteiger charge is 2.09. The van der Waals surface area contributed by atoms with Crippen LogP contribution in [0.3, 0.4) is 0 Å². The molecule has 0 radical (unpaired) electrons. The first-order chi connectivity index (χ1) is 7.54. The van der Waals surface area contributed by atoms with Crippen molar-refractivity contribution < 1.29 is 28.6 Å². The van der Waals surface area contributed by atoms with Gasteiger partial charge >= 0.3 is 17.9 Å². The molecule has 88 valence electrons. The Balaban J connectivity index is 4.89. The standard InChI is InChI=1S/C10H12O6/c1-14-8(11)5-4-7(10(13)16-3)6-9(12)15-2/h4-6H,1-3H3. The second kappa shape index (κ2) is 7.22. The van der Waals surface area contributed by atoms with Crippen LogP contribution in [0.1, 0.15) is 0 Å². The number of carbonyl (C=O) groups excluding carboxylic acids is 3. The highest BCUT2D eigenvalue weighted by atomic mass is 16.5. The van der Waals surface area contributed by atoms with Gasteiger partial charge in [-0.1, -0.05) is 0 Å². The zero-order chi connectivity index (χ0) is 12.6. The largest absolute Gasteiger partial charge is 0.466 e. The molecule has 16 heavy (non-hydrogen) atoms. The van der Waals surface area contributed by atoms with Crippen LogP contribution in [0.25, 0.3) is 0 Å². The Morgan fingerprint density at radius 3 is 1.81 bits per heavy atom. The third-order valence-corrected chi connectivity index (χ3v) is 1.50. The summed E-state index contributed by atoms with van der Waals surface area (Å²) in [4.78, 5) is 32.8. The van der Waals surface area contributed by atoms with Crippen LogP contribution in [0.5, 0.6) is 0 Å². The van der Waals surface area contributed by atoms with Gasteiger partial charge < -0.3 is 14.2 Å². The SMILES string of the molecule is COC(=O)C=CC(=CC(=O)OC)C(=O)OC. The van der Waals surface area contributed by atoms with Crippen LogP contribution in [-0.2, 0) is 28.6 Å². The minimum atomic E-state index is -0.759. The van der Waals surface area contributed by atoms with Crippen LogP contribution in [0.15, 0.2) is 23.8 Å². The van der Waals surface area contributed by atoms with Crippen LogP contribution in [-0.4, -0.2) is 39.2 Å². The van der Waals surface area contributed by atoms with Crippen LogP contribution >= 0.6 is 0 Å². The average Bonchev–Trinajstić information content (AvgIpc) is 2.32. The van der Waals surface area contributed by atoms with Crippen molar-refractivity contribution in [3.63, 3.8) is 0 Å². The molecule has 0 aliphatic carbocycles. The van der Waals surface area contributed by atoms with Crippen molar-refractivity contribution in [1.82, 2.24) is 0 Å². The topological polar surface area (TPSA) is 78.9 Å². The second-order valence-electron chi connectivity index (χ2n) is 2.47. The first-order valence-corrected chi connectivity index (χ1v) is 4.19. The Hall–Kier alpha value is -2.11. The Kier molecular flexibility index (Phi) is 6.27. The first-order valence-electron chi connectivity index (χ1n) is 4.19. The minimum Gasteiger partial charge on any atom is -0.466 e. The highest BCUT2D eigenvalue weighted by Crippen LogP contribution is 2.01. The van der Waals surface area contributed by atoms with E-state index in [-0.39, 0.29) is 5.57 Å². The van der Waals surface area contributed by atoms with Crippen molar-refractivity contribution in [3.05, 3.63) is 23.8 Å². The van der Waals surface area contributed by atoms with E-state index in [1.165, 1.54) is 7.11 Å². The summed E-state index contributed by atoms with van der Waals surface area (Å²) in [5.74, 6) is -2.14. The molecule has 6 nitrogen and oxygen atoms in total. The lowest BCUT2D eigenvalue weighted by atomic mass is 10.2. The number of rotatable bonds is 4. The van der Waals surface area contributed by atoms with Gasteiger partial charge in [-0.15, -0.1) is 0 Å². The Labute approximate surface area is 92.5 Å². The first kappa shape index (κ1) is 13.9. The fourth-order valence-electron chi connectivity index (χ4n) is 0.705. The third kappa shape index (κ3) is 4.94. The number of ether oxygens (including phenoxy) is 3. The summed E-state index contributed by atoms with van der Waals surface area (Å²) in [6.07, 6.45) is 3.01. The molecule has 0 bridgehead atoms. The smallest absolute Gasteiger partial charge is 0.338 e. The van der Waals surface area contributed by atoms with Gasteiger partial charge in [-0.2, -0.15) is 0 Å². The van der Waals surface area contributed by atoms with Crippen molar-refractivity contribution in [3.8, 4) is 0 Å². The van der Waals surface area contributed by atoms with Crippen molar-refractivity contribution in [2.45, 2.75) is 0 Å². The van der Waals surface area contributed by atoms with Crippen molar-refractivity contribution >= 4 is 17.9 Å². The minimum absolute atomic E-state index is 0.111. The Morgan fingerprint density at radius 1 is 0.812 bits per heavy atom. The molecule has 0 heterocycles.